The molecule has 2 aliphatic carbocycles. The summed E-state index contributed by atoms with van der Waals surface area (Å²) in [6.45, 7) is 1.42. The Bertz CT molecular complexity index is 346. The predicted octanol–water partition coefficient (Wildman–Crippen LogP) is 2.84. The van der Waals surface area contributed by atoms with Crippen molar-refractivity contribution in [2.24, 2.45) is 11.3 Å². The van der Waals surface area contributed by atoms with Crippen LogP contribution in [0.2, 0.25) is 0 Å². The van der Waals surface area contributed by atoms with Crippen LogP contribution in [0.5, 0.6) is 0 Å². The van der Waals surface area contributed by atoms with Crippen molar-refractivity contribution in [1.29, 1.82) is 0 Å². The van der Waals surface area contributed by atoms with Crippen molar-refractivity contribution in [3.05, 3.63) is 0 Å². The quantitative estimate of drug-likeness (QED) is 0.739. The van der Waals surface area contributed by atoms with Gasteiger partial charge in [0.1, 0.15) is 11.5 Å². The zero-order valence-corrected chi connectivity index (χ0v) is 11.9. The summed E-state index contributed by atoms with van der Waals surface area (Å²) in [4.78, 5) is 23.7. The molecule has 0 aromatic heterocycles. The second-order valence-electron chi connectivity index (χ2n) is 5.86. The first kappa shape index (κ1) is 14.4. The Morgan fingerprint density at radius 1 is 1.05 bits per heavy atom. The van der Waals surface area contributed by atoms with E-state index in [1.54, 1.807) is 0 Å². The number of esters is 2. The normalized spacial score (nSPS) is 32.0. The third-order valence-electron chi connectivity index (χ3n) is 4.84. The van der Waals surface area contributed by atoms with Gasteiger partial charge in [0.25, 0.3) is 0 Å². The highest BCUT2D eigenvalue weighted by atomic mass is 16.6. The first-order chi connectivity index (χ1) is 9.11. The molecule has 0 aromatic carbocycles. The molecule has 0 saturated heterocycles. The van der Waals surface area contributed by atoms with E-state index in [1.165, 1.54) is 20.5 Å². The molecule has 2 rings (SSSR count). The summed E-state index contributed by atoms with van der Waals surface area (Å²) in [5, 5.41) is 0. The van der Waals surface area contributed by atoms with Crippen LogP contribution in [0.25, 0.3) is 0 Å². The Hall–Kier alpha value is -1.06. The van der Waals surface area contributed by atoms with Crippen LogP contribution in [0.1, 0.15) is 58.3 Å². The van der Waals surface area contributed by atoms with Gasteiger partial charge in [-0.15, -0.1) is 0 Å². The zero-order chi connectivity index (χ0) is 13.9. The standard InChI is InChI=1S/C15H24O4/c1-11(16)19-13-9-6-10-15(13,14(17)18-2)12-7-4-3-5-8-12/h12-13H,3-10H2,1-2H3. The molecule has 0 heterocycles. The Morgan fingerprint density at radius 3 is 2.32 bits per heavy atom. The van der Waals surface area contributed by atoms with Gasteiger partial charge in [0.2, 0.25) is 0 Å². The van der Waals surface area contributed by atoms with E-state index in [9.17, 15) is 9.59 Å². The Labute approximate surface area is 114 Å². The second-order valence-corrected chi connectivity index (χ2v) is 5.86. The van der Waals surface area contributed by atoms with Crippen LogP contribution >= 0.6 is 0 Å². The number of methoxy groups -OCH3 is 1. The SMILES string of the molecule is COC(=O)C1(C2CCCCC2)CCCC1OC(C)=O. The van der Waals surface area contributed by atoms with Crippen molar-refractivity contribution < 1.29 is 19.1 Å². The van der Waals surface area contributed by atoms with Gasteiger partial charge in [0, 0.05) is 6.92 Å². The van der Waals surface area contributed by atoms with Gasteiger partial charge in [-0.3, -0.25) is 9.59 Å². The molecule has 19 heavy (non-hydrogen) atoms. The number of carbonyl (C=O) groups is 2. The van der Waals surface area contributed by atoms with E-state index in [0.717, 1.165) is 44.9 Å². The number of carbonyl (C=O) groups excluding carboxylic acids is 2. The minimum Gasteiger partial charge on any atom is -0.468 e. The number of rotatable bonds is 3. The first-order valence-corrected chi connectivity index (χ1v) is 7.37. The molecule has 2 aliphatic rings. The molecule has 4 nitrogen and oxygen atoms in total. The highest BCUT2D eigenvalue weighted by Gasteiger charge is 2.56. The van der Waals surface area contributed by atoms with Crippen LogP contribution in [0.15, 0.2) is 0 Å². The van der Waals surface area contributed by atoms with E-state index >= 15 is 0 Å². The molecule has 0 spiro atoms. The van der Waals surface area contributed by atoms with Gasteiger partial charge in [-0.25, -0.2) is 0 Å². The highest BCUT2D eigenvalue weighted by Crippen LogP contribution is 2.51. The van der Waals surface area contributed by atoms with Gasteiger partial charge in [-0.1, -0.05) is 19.3 Å². The molecule has 0 amide bonds. The average Bonchev–Trinajstić information content (AvgIpc) is 2.82. The lowest BCUT2D eigenvalue weighted by Gasteiger charge is -2.40. The van der Waals surface area contributed by atoms with Gasteiger partial charge in [0.15, 0.2) is 0 Å². The van der Waals surface area contributed by atoms with Gasteiger partial charge in [-0.2, -0.15) is 0 Å². The maximum atomic E-state index is 12.4. The summed E-state index contributed by atoms with van der Waals surface area (Å²) >= 11 is 0. The average molecular weight is 268 g/mol. The van der Waals surface area contributed by atoms with Crippen LogP contribution in [0, 0.1) is 11.3 Å². The van der Waals surface area contributed by atoms with Crippen molar-refractivity contribution >= 4 is 11.9 Å². The fourth-order valence-electron chi connectivity index (χ4n) is 4.04. The fourth-order valence-corrected chi connectivity index (χ4v) is 4.04. The number of ether oxygens (including phenoxy) is 2. The molecule has 0 bridgehead atoms. The van der Waals surface area contributed by atoms with E-state index in [2.05, 4.69) is 0 Å². The second kappa shape index (κ2) is 5.93. The van der Waals surface area contributed by atoms with E-state index in [1.807, 2.05) is 0 Å². The lowest BCUT2D eigenvalue weighted by Crippen LogP contribution is -2.48. The summed E-state index contributed by atoms with van der Waals surface area (Å²) in [6.07, 6.45) is 7.88. The molecular weight excluding hydrogens is 244 g/mol. The van der Waals surface area contributed by atoms with Gasteiger partial charge in [0.05, 0.1) is 7.11 Å². The maximum Gasteiger partial charge on any atom is 0.315 e. The van der Waals surface area contributed by atoms with Crippen LogP contribution in [-0.2, 0) is 19.1 Å². The summed E-state index contributed by atoms with van der Waals surface area (Å²) in [7, 11) is 1.44. The van der Waals surface area contributed by atoms with Crippen molar-refractivity contribution in [2.75, 3.05) is 7.11 Å². The van der Waals surface area contributed by atoms with Crippen molar-refractivity contribution in [1.82, 2.24) is 0 Å². The molecule has 0 N–H and O–H groups in total. The van der Waals surface area contributed by atoms with E-state index in [0.29, 0.717) is 5.92 Å². The highest BCUT2D eigenvalue weighted by molar-refractivity contribution is 5.79. The summed E-state index contributed by atoms with van der Waals surface area (Å²) < 4.78 is 10.5. The molecule has 2 fully saturated rings. The van der Waals surface area contributed by atoms with Crippen molar-refractivity contribution in [3.8, 4) is 0 Å². The molecule has 108 valence electrons. The van der Waals surface area contributed by atoms with Gasteiger partial charge >= 0.3 is 11.9 Å². The van der Waals surface area contributed by atoms with Crippen LogP contribution in [0.4, 0.5) is 0 Å². The van der Waals surface area contributed by atoms with Gasteiger partial charge in [-0.05, 0) is 38.0 Å². The number of hydrogen-bond donors (Lipinski definition) is 0. The maximum absolute atomic E-state index is 12.4. The van der Waals surface area contributed by atoms with E-state index < -0.39 is 5.41 Å². The third-order valence-corrected chi connectivity index (χ3v) is 4.84. The topological polar surface area (TPSA) is 52.6 Å². The lowest BCUT2D eigenvalue weighted by molar-refractivity contribution is -0.174. The van der Waals surface area contributed by atoms with E-state index in [4.69, 9.17) is 9.47 Å². The third kappa shape index (κ3) is 2.63. The Morgan fingerprint density at radius 2 is 1.74 bits per heavy atom. The summed E-state index contributed by atoms with van der Waals surface area (Å²) in [5.41, 5.74) is -0.582. The summed E-state index contributed by atoms with van der Waals surface area (Å²) in [6, 6.07) is 0. The molecular formula is C15H24O4. The molecule has 0 aliphatic heterocycles. The van der Waals surface area contributed by atoms with Crippen molar-refractivity contribution in [2.45, 2.75) is 64.4 Å². The number of hydrogen-bond acceptors (Lipinski definition) is 4. The Balaban J connectivity index is 2.27. The smallest absolute Gasteiger partial charge is 0.315 e. The van der Waals surface area contributed by atoms with Crippen LogP contribution in [-0.4, -0.2) is 25.2 Å². The van der Waals surface area contributed by atoms with Crippen LogP contribution in [0.3, 0.4) is 0 Å². The lowest BCUT2D eigenvalue weighted by atomic mass is 9.66. The zero-order valence-electron chi connectivity index (χ0n) is 11.9. The fraction of sp³-hybridized carbons (Fsp3) is 0.867. The van der Waals surface area contributed by atoms with Gasteiger partial charge < -0.3 is 9.47 Å². The van der Waals surface area contributed by atoms with Crippen LogP contribution < -0.4 is 0 Å². The minimum atomic E-state index is -0.582. The minimum absolute atomic E-state index is 0.178. The Kier molecular flexibility index (Phi) is 4.48. The molecule has 2 atom stereocenters. The predicted molar refractivity (Wildman–Crippen MR) is 70.4 cm³/mol. The largest absolute Gasteiger partial charge is 0.468 e. The molecule has 0 aromatic rings. The summed E-state index contributed by atoms with van der Waals surface area (Å²) in [5.74, 6) is -0.167. The molecule has 2 unspecified atom stereocenters. The molecule has 0 radical (unpaired) electrons. The van der Waals surface area contributed by atoms with E-state index in [-0.39, 0.29) is 18.0 Å². The molecule has 4 heteroatoms. The monoisotopic (exact) mass is 268 g/mol. The first-order valence-electron chi connectivity index (χ1n) is 7.37. The molecule has 2 saturated carbocycles. The van der Waals surface area contributed by atoms with Crippen molar-refractivity contribution in [3.63, 3.8) is 0 Å².